The Kier molecular flexibility index (Phi) is 6.24. The number of hydrogen-bond donors (Lipinski definition) is 1. The fourth-order valence-electron chi connectivity index (χ4n) is 2.05. The minimum absolute atomic E-state index is 0.120. The highest BCUT2D eigenvalue weighted by molar-refractivity contribution is 7.99. The minimum Gasteiger partial charge on any atom is -0.338 e. The van der Waals surface area contributed by atoms with Gasteiger partial charge in [0.15, 0.2) is 10.9 Å². The second-order valence-electron chi connectivity index (χ2n) is 5.12. The summed E-state index contributed by atoms with van der Waals surface area (Å²) >= 11 is 0.769. The summed E-state index contributed by atoms with van der Waals surface area (Å²) in [6.07, 6.45) is -4.71. The van der Waals surface area contributed by atoms with Gasteiger partial charge in [0.1, 0.15) is 0 Å². The standard InChI is InChI=1S/C16H16F3N3O2S/c1-2-22(9-11-6-4-3-5-7-11)14(24)10-25-15-20-12(16(17,18)19)8-13(23)21-15/h3-8H,2,9-10H2,1H3,(H,20,21,23). The van der Waals surface area contributed by atoms with Gasteiger partial charge in [-0.05, 0) is 12.5 Å². The van der Waals surface area contributed by atoms with Crippen LogP contribution in [0.2, 0.25) is 0 Å². The van der Waals surface area contributed by atoms with Gasteiger partial charge < -0.3 is 9.88 Å². The summed E-state index contributed by atoms with van der Waals surface area (Å²) in [6, 6.07) is 9.75. The molecule has 0 aliphatic carbocycles. The van der Waals surface area contributed by atoms with Crippen LogP contribution in [0, 0.1) is 0 Å². The third kappa shape index (κ3) is 5.63. The lowest BCUT2D eigenvalue weighted by Gasteiger charge is -2.20. The molecule has 1 heterocycles. The Morgan fingerprint density at radius 2 is 1.96 bits per heavy atom. The van der Waals surface area contributed by atoms with Crippen molar-refractivity contribution in [1.29, 1.82) is 0 Å². The number of nitrogens with one attached hydrogen (secondary N) is 1. The lowest BCUT2D eigenvalue weighted by atomic mass is 10.2. The molecule has 1 aromatic carbocycles. The van der Waals surface area contributed by atoms with Crippen LogP contribution >= 0.6 is 11.8 Å². The Morgan fingerprint density at radius 1 is 1.28 bits per heavy atom. The number of hydrogen-bond acceptors (Lipinski definition) is 4. The number of thioether (sulfide) groups is 1. The number of aromatic amines is 1. The topological polar surface area (TPSA) is 66.1 Å². The molecule has 0 saturated carbocycles. The van der Waals surface area contributed by atoms with Crippen LogP contribution < -0.4 is 5.56 Å². The van der Waals surface area contributed by atoms with Gasteiger partial charge in [0.2, 0.25) is 5.91 Å². The smallest absolute Gasteiger partial charge is 0.338 e. The first kappa shape index (κ1) is 19.0. The normalized spacial score (nSPS) is 11.4. The van der Waals surface area contributed by atoms with E-state index in [1.54, 1.807) is 4.90 Å². The van der Waals surface area contributed by atoms with Crippen molar-refractivity contribution in [3.05, 3.63) is 58.0 Å². The first-order valence-electron chi connectivity index (χ1n) is 7.42. The summed E-state index contributed by atoms with van der Waals surface area (Å²) in [5, 5.41) is -0.232. The average Bonchev–Trinajstić information content (AvgIpc) is 2.57. The zero-order chi connectivity index (χ0) is 18.4. The monoisotopic (exact) mass is 371 g/mol. The first-order valence-corrected chi connectivity index (χ1v) is 8.41. The largest absolute Gasteiger partial charge is 0.433 e. The Morgan fingerprint density at radius 3 is 2.56 bits per heavy atom. The number of H-pyrrole nitrogens is 1. The minimum atomic E-state index is -4.71. The van der Waals surface area contributed by atoms with E-state index in [1.165, 1.54) is 0 Å². The SMILES string of the molecule is CCN(Cc1ccccc1)C(=O)CSc1nc(C(F)(F)F)cc(=O)[nH]1. The van der Waals surface area contributed by atoms with Gasteiger partial charge in [-0.1, -0.05) is 42.1 Å². The van der Waals surface area contributed by atoms with Crippen molar-refractivity contribution < 1.29 is 18.0 Å². The molecule has 0 fully saturated rings. The first-order chi connectivity index (χ1) is 11.8. The van der Waals surface area contributed by atoms with Crippen LogP contribution in [0.1, 0.15) is 18.2 Å². The Labute approximate surface area is 146 Å². The van der Waals surface area contributed by atoms with Crippen molar-refractivity contribution in [2.45, 2.75) is 24.8 Å². The van der Waals surface area contributed by atoms with Gasteiger partial charge in [-0.2, -0.15) is 13.2 Å². The van der Waals surface area contributed by atoms with Crippen molar-refractivity contribution >= 4 is 17.7 Å². The molecule has 0 bridgehead atoms. The molecule has 25 heavy (non-hydrogen) atoms. The van der Waals surface area contributed by atoms with Crippen molar-refractivity contribution in [2.24, 2.45) is 0 Å². The summed E-state index contributed by atoms with van der Waals surface area (Å²) in [4.78, 5) is 30.8. The Balaban J connectivity index is 2.03. The van der Waals surface area contributed by atoms with Gasteiger partial charge in [0.05, 0.1) is 5.75 Å². The maximum Gasteiger partial charge on any atom is 0.433 e. The van der Waals surface area contributed by atoms with Crippen LogP contribution in [0.4, 0.5) is 13.2 Å². The molecule has 0 atom stereocenters. The molecule has 0 spiro atoms. The number of benzene rings is 1. The molecule has 5 nitrogen and oxygen atoms in total. The van der Waals surface area contributed by atoms with E-state index in [0.717, 1.165) is 17.3 Å². The fraction of sp³-hybridized carbons (Fsp3) is 0.312. The summed E-state index contributed by atoms with van der Waals surface area (Å²) < 4.78 is 38.0. The molecule has 1 N–H and O–H groups in total. The zero-order valence-corrected chi connectivity index (χ0v) is 14.2. The molecule has 1 aromatic heterocycles. The molecule has 2 rings (SSSR count). The van der Waals surface area contributed by atoms with E-state index in [9.17, 15) is 22.8 Å². The highest BCUT2D eigenvalue weighted by atomic mass is 32.2. The molecule has 0 aliphatic heterocycles. The summed E-state index contributed by atoms with van der Waals surface area (Å²) in [5.74, 6) is -0.373. The summed E-state index contributed by atoms with van der Waals surface area (Å²) in [7, 11) is 0. The number of halogens is 3. The lowest BCUT2D eigenvalue weighted by molar-refractivity contribution is -0.141. The number of carbonyl (C=O) groups excluding carboxylic acids is 1. The second-order valence-corrected chi connectivity index (χ2v) is 6.08. The van der Waals surface area contributed by atoms with Crippen LogP contribution in [0.3, 0.4) is 0 Å². The number of nitrogens with zero attached hydrogens (tertiary/aromatic N) is 2. The molecular formula is C16H16F3N3O2S. The van der Waals surface area contributed by atoms with Gasteiger partial charge in [-0.25, -0.2) is 4.98 Å². The fourth-order valence-corrected chi connectivity index (χ4v) is 2.83. The maximum atomic E-state index is 12.7. The number of aromatic nitrogens is 2. The zero-order valence-electron chi connectivity index (χ0n) is 13.3. The number of alkyl halides is 3. The number of rotatable bonds is 6. The van der Waals surface area contributed by atoms with Crippen molar-refractivity contribution in [3.63, 3.8) is 0 Å². The van der Waals surface area contributed by atoms with Gasteiger partial charge in [-0.3, -0.25) is 9.59 Å². The van der Waals surface area contributed by atoms with Crippen molar-refractivity contribution in [2.75, 3.05) is 12.3 Å². The van der Waals surface area contributed by atoms with E-state index < -0.39 is 17.4 Å². The second kappa shape index (κ2) is 8.19. The van der Waals surface area contributed by atoms with E-state index in [2.05, 4.69) is 9.97 Å². The predicted molar refractivity (Wildman–Crippen MR) is 88.1 cm³/mol. The molecule has 1 amide bonds. The van der Waals surface area contributed by atoms with E-state index >= 15 is 0 Å². The maximum absolute atomic E-state index is 12.7. The van der Waals surface area contributed by atoms with E-state index in [4.69, 9.17) is 0 Å². The third-order valence-corrected chi connectivity index (χ3v) is 4.15. The van der Waals surface area contributed by atoms with E-state index in [-0.39, 0.29) is 16.8 Å². The van der Waals surface area contributed by atoms with Crippen LogP contribution in [0.5, 0.6) is 0 Å². The van der Waals surface area contributed by atoms with Gasteiger partial charge in [0, 0.05) is 19.2 Å². The molecule has 0 radical (unpaired) electrons. The third-order valence-electron chi connectivity index (χ3n) is 3.29. The average molecular weight is 371 g/mol. The number of carbonyl (C=O) groups is 1. The van der Waals surface area contributed by atoms with Crippen molar-refractivity contribution in [3.8, 4) is 0 Å². The Bertz CT molecular complexity index is 778. The molecule has 0 unspecified atom stereocenters. The van der Waals surface area contributed by atoms with Gasteiger partial charge in [-0.15, -0.1) is 0 Å². The molecule has 0 aliphatic rings. The Hall–Kier alpha value is -2.29. The van der Waals surface area contributed by atoms with Crippen LogP contribution in [-0.2, 0) is 17.5 Å². The van der Waals surface area contributed by atoms with E-state index in [1.807, 2.05) is 37.3 Å². The highest BCUT2D eigenvalue weighted by Crippen LogP contribution is 2.27. The molecule has 134 valence electrons. The molecule has 0 saturated heterocycles. The van der Waals surface area contributed by atoms with Crippen LogP contribution in [0.15, 0.2) is 46.3 Å². The van der Waals surface area contributed by atoms with E-state index in [0.29, 0.717) is 19.2 Å². The summed E-state index contributed by atoms with van der Waals surface area (Å²) in [6.45, 7) is 2.68. The number of amides is 1. The molecular weight excluding hydrogens is 355 g/mol. The molecule has 2 aromatic rings. The van der Waals surface area contributed by atoms with Crippen LogP contribution in [0.25, 0.3) is 0 Å². The van der Waals surface area contributed by atoms with Gasteiger partial charge in [0.25, 0.3) is 5.56 Å². The van der Waals surface area contributed by atoms with Gasteiger partial charge >= 0.3 is 6.18 Å². The lowest BCUT2D eigenvalue weighted by Crippen LogP contribution is -2.31. The predicted octanol–water partition coefficient (Wildman–Crippen LogP) is 2.93. The quantitative estimate of drug-likeness (QED) is 0.626. The molecule has 9 heteroatoms. The highest BCUT2D eigenvalue weighted by Gasteiger charge is 2.33. The summed E-state index contributed by atoms with van der Waals surface area (Å²) in [5.41, 5.74) is -1.23. The van der Waals surface area contributed by atoms with Crippen molar-refractivity contribution in [1.82, 2.24) is 14.9 Å². The van der Waals surface area contributed by atoms with Crippen LogP contribution in [-0.4, -0.2) is 33.1 Å².